The Morgan fingerprint density at radius 1 is 1.00 bits per heavy atom. The van der Waals surface area contributed by atoms with Crippen molar-refractivity contribution in [3.05, 3.63) is 0 Å². The van der Waals surface area contributed by atoms with Gasteiger partial charge in [0.1, 0.15) is 0 Å². The van der Waals surface area contributed by atoms with Crippen molar-refractivity contribution in [3.8, 4) is 0 Å². The minimum Gasteiger partial charge on any atom is -0.328 e. The van der Waals surface area contributed by atoms with Crippen LogP contribution in [0.15, 0.2) is 0 Å². The van der Waals surface area contributed by atoms with Gasteiger partial charge in [0.25, 0.3) is 0 Å². The summed E-state index contributed by atoms with van der Waals surface area (Å²) in [5.41, 5.74) is 6.43. The molecule has 2 atom stereocenters. The highest BCUT2D eigenvalue weighted by Crippen LogP contribution is 2.36. The van der Waals surface area contributed by atoms with E-state index in [4.69, 9.17) is 5.73 Å². The van der Waals surface area contributed by atoms with Gasteiger partial charge in [0, 0.05) is 6.04 Å². The Balaban J connectivity index is 2.46. The van der Waals surface area contributed by atoms with Crippen molar-refractivity contribution in [2.75, 3.05) is 0 Å². The Hall–Kier alpha value is -0.0400. The number of rotatable bonds is 0. The van der Waals surface area contributed by atoms with Crippen LogP contribution in [-0.4, -0.2) is 6.04 Å². The van der Waals surface area contributed by atoms with Crippen molar-refractivity contribution in [3.63, 3.8) is 0 Å². The van der Waals surface area contributed by atoms with Gasteiger partial charge in [0.05, 0.1) is 0 Å². The van der Waals surface area contributed by atoms with E-state index in [1.54, 1.807) is 0 Å². The molecule has 1 heteroatoms. The van der Waals surface area contributed by atoms with Gasteiger partial charge in [-0.05, 0) is 37.0 Å². The van der Waals surface area contributed by atoms with Crippen LogP contribution in [-0.2, 0) is 0 Å². The maximum atomic E-state index is 5.94. The topological polar surface area (TPSA) is 26.0 Å². The van der Waals surface area contributed by atoms with E-state index in [0.29, 0.717) is 11.5 Å². The second-order valence-electron chi connectivity index (χ2n) is 5.33. The van der Waals surface area contributed by atoms with E-state index in [9.17, 15) is 0 Å². The minimum absolute atomic E-state index is 0.484. The predicted molar refractivity (Wildman–Crippen MR) is 54.0 cm³/mol. The molecule has 0 aliphatic heterocycles. The smallest absolute Gasteiger partial charge is 0.00389 e. The molecule has 0 aromatic heterocycles. The first-order valence-electron chi connectivity index (χ1n) is 5.26. The summed E-state index contributed by atoms with van der Waals surface area (Å²) in [6.45, 7) is 7.07. The van der Waals surface area contributed by atoms with Gasteiger partial charge in [0.15, 0.2) is 0 Å². The second-order valence-corrected chi connectivity index (χ2v) is 5.33. The van der Waals surface area contributed by atoms with Crippen LogP contribution >= 0.6 is 0 Å². The molecule has 0 amide bonds. The Kier molecular flexibility index (Phi) is 3.16. The van der Waals surface area contributed by atoms with Crippen LogP contribution in [0.1, 0.15) is 52.9 Å². The number of nitrogens with two attached hydrogens (primary N) is 1. The molecule has 1 nitrogen and oxygen atoms in total. The van der Waals surface area contributed by atoms with Gasteiger partial charge >= 0.3 is 0 Å². The first kappa shape index (κ1) is 10.0. The Bertz CT molecular complexity index is 134. The summed E-state index contributed by atoms with van der Waals surface area (Å²) in [6, 6.07) is 0.484. The summed E-state index contributed by atoms with van der Waals surface area (Å²) in [5.74, 6) is 0.894. The normalized spacial score (nSPS) is 33.0. The summed E-state index contributed by atoms with van der Waals surface area (Å²) in [6.07, 6.45) is 6.54. The molecule has 0 unspecified atom stereocenters. The van der Waals surface area contributed by atoms with Gasteiger partial charge in [-0.1, -0.05) is 27.2 Å². The van der Waals surface area contributed by atoms with Crippen LogP contribution in [0.2, 0.25) is 0 Å². The van der Waals surface area contributed by atoms with Crippen LogP contribution in [0.5, 0.6) is 0 Å². The number of hydrogen-bond acceptors (Lipinski definition) is 1. The third kappa shape index (κ3) is 2.78. The summed E-state index contributed by atoms with van der Waals surface area (Å²) < 4.78 is 0. The van der Waals surface area contributed by atoms with Crippen molar-refractivity contribution in [2.45, 2.75) is 58.9 Å². The molecule has 2 N–H and O–H groups in total. The monoisotopic (exact) mass is 169 g/mol. The van der Waals surface area contributed by atoms with E-state index in [-0.39, 0.29) is 0 Å². The van der Waals surface area contributed by atoms with Crippen LogP contribution in [0.4, 0.5) is 0 Å². The lowest BCUT2D eigenvalue weighted by Crippen LogP contribution is -2.21. The zero-order valence-corrected chi connectivity index (χ0v) is 8.77. The highest BCUT2D eigenvalue weighted by molar-refractivity contribution is 4.79. The van der Waals surface area contributed by atoms with Gasteiger partial charge in [-0.15, -0.1) is 0 Å². The van der Waals surface area contributed by atoms with E-state index in [1.165, 1.54) is 32.1 Å². The SMILES string of the molecule is CC(C)(C)[C@@H]1CCC[C@H](N)CC1. The highest BCUT2D eigenvalue weighted by Gasteiger charge is 2.26. The minimum atomic E-state index is 0.484. The molecular formula is C11H23N. The van der Waals surface area contributed by atoms with Gasteiger partial charge in [-0.2, -0.15) is 0 Å². The van der Waals surface area contributed by atoms with E-state index in [2.05, 4.69) is 20.8 Å². The molecule has 1 aliphatic carbocycles. The fourth-order valence-corrected chi connectivity index (χ4v) is 2.20. The molecule has 0 saturated heterocycles. The molecular weight excluding hydrogens is 146 g/mol. The first-order valence-corrected chi connectivity index (χ1v) is 5.26. The zero-order valence-electron chi connectivity index (χ0n) is 8.77. The average molecular weight is 169 g/mol. The molecule has 1 aliphatic rings. The van der Waals surface area contributed by atoms with Crippen molar-refractivity contribution < 1.29 is 0 Å². The zero-order chi connectivity index (χ0) is 9.19. The molecule has 12 heavy (non-hydrogen) atoms. The number of hydrogen-bond donors (Lipinski definition) is 1. The van der Waals surface area contributed by atoms with E-state index < -0.39 is 0 Å². The van der Waals surface area contributed by atoms with Crippen molar-refractivity contribution in [2.24, 2.45) is 17.1 Å². The lowest BCUT2D eigenvalue weighted by atomic mass is 9.76. The summed E-state index contributed by atoms with van der Waals surface area (Å²) in [7, 11) is 0. The summed E-state index contributed by atoms with van der Waals surface area (Å²) in [5, 5.41) is 0. The lowest BCUT2D eigenvalue weighted by molar-refractivity contribution is 0.214. The molecule has 0 aromatic carbocycles. The fraction of sp³-hybridized carbons (Fsp3) is 1.00. The van der Waals surface area contributed by atoms with Crippen molar-refractivity contribution in [1.29, 1.82) is 0 Å². The van der Waals surface area contributed by atoms with Crippen LogP contribution in [0, 0.1) is 11.3 Å². The first-order chi connectivity index (χ1) is 5.50. The predicted octanol–water partition coefficient (Wildman–Crippen LogP) is 2.94. The third-order valence-electron chi connectivity index (χ3n) is 3.24. The highest BCUT2D eigenvalue weighted by atomic mass is 14.6. The molecule has 0 radical (unpaired) electrons. The van der Waals surface area contributed by atoms with Gasteiger partial charge < -0.3 is 5.73 Å². The van der Waals surface area contributed by atoms with E-state index >= 15 is 0 Å². The van der Waals surface area contributed by atoms with Gasteiger partial charge in [0.2, 0.25) is 0 Å². The lowest BCUT2D eigenvalue weighted by Gasteiger charge is -2.29. The van der Waals surface area contributed by atoms with Gasteiger partial charge in [-0.3, -0.25) is 0 Å². The van der Waals surface area contributed by atoms with Gasteiger partial charge in [-0.25, -0.2) is 0 Å². The van der Waals surface area contributed by atoms with Crippen LogP contribution in [0.25, 0.3) is 0 Å². The average Bonchev–Trinajstić information content (AvgIpc) is 2.11. The maximum Gasteiger partial charge on any atom is 0.00389 e. The fourth-order valence-electron chi connectivity index (χ4n) is 2.20. The molecule has 1 saturated carbocycles. The summed E-state index contributed by atoms with van der Waals surface area (Å²) in [4.78, 5) is 0. The quantitative estimate of drug-likeness (QED) is 0.554. The second kappa shape index (κ2) is 3.78. The van der Waals surface area contributed by atoms with E-state index in [1.807, 2.05) is 0 Å². The van der Waals surface area contributed by atoms with E-state index in [0.717, 1.165) is 5.92 Å². The molecule has 0 spiro atoms. The molecule has 72 valence electrons. The molecule has 1 rings (SSSR count). The molecule has 0 heterocycles. The third-order valence-corrected chi connectivity index (χ3v) is 3.24. The maximum absolute atomic E-state index is 5.94. The Morgan fingerprint density at radius 3 is 2.25 bits per heavy atom. The van der Waals surface area contributed by atoms with Crippen molar-refractivity contribution in [1.82, 2.24) is 0 Å². The standard InChI is InChI=1S/C11H23N/c1-11(2,3)9-5-4-6-10(12)8-7-9/h9-10H,4-8,12H2,1-3H3/t9-,10+/m1/s1. The largest absolute Gasteiger partial charge is 0.328 e. The molecule has 1 fully saturated rings. The Labute approximate surface area is 76.7 Å². The van der Waals surface area contributed by atoms with Crippen LogP contribution in [0.3, 0.4) is 0 Å². The van der Waals surface area contributed by atoms with Crippen molar-refractivity contribution >= 4 is 0 Å². The molecule has 0 bridgehead atoms. The summed E-state index contributed by atoms with van der Waals surface area (Å²) >= 11 is 0. The molecule has 0 aromatic rings. The van der Waals surface area contributed by atoms with Crippen LogP contribution < -0.4 is 5.73 Å². The Morgan fingerprint density at radius 2 is 1.67 bits per heavy atom.